The topological polar surface area (TPSA) is 59.6 Å². The molecular weight excluding hydrogens is 352 g/mol. The number of rotatable bonds is 8. The maximum Gasteiger partial charge on any atom is 0.262 e. The van der Waals surface area contributed by atoms with Gasteiger partial charge in [0.2, 0.25) is 0 Å². The number of aryl methyl sites for hydroxylation is 1. The second-order valence-corrected chi connectivity index (χ2v) is 8.16. The Hall–Kier alpha value is -2.53. The van der Waals surface area contributed by atoms with E-state index >= 15 is 0 Å². The van der Waals surface area contributed by atoms with E-state index in [2.05, 4.69) is 38.3 Å². The predicted octanol–water partition coefficient (Wildman–Crippen LogP) is 4.55. The quantitative estimate of drug-likeness (QED) is 0.701. The van der Waals surface area contributed by atoms with Crippen LogP contribution in [-0.2, 0) is 11.3 Å². The van der Waals surface area contributed by atoms with Gasteiger partial charge in [0, 0.05) is 18.3 Å². The van der Waals surface area contributed by atoms with Gasteiger partial charge in [-0.2, -0.15) is 0 Å². The second kappa shape index (κ2) is 9.60. The first-order chi connectivity index (χ1) is 13.2. The van der Waals surface area contributed by atoms with Crippen LogP contribution in [0.25, 0.3) is 0 Å². The maximum atomic E-state index is 12.1. The van der Waals surface area contributed by atoms with Crippen LogP contribution in [0.1, 0.15) is 38.8 Å². The zero-order valence-electron chi connectivity index (χ0n) is 17.8. The first-order valence-corrected chi connectivity index (χ1v) is 9.58. The Kier molecular flexibility index (Phi) is 7.46. The van der Waals surface area contributed by atoms with E-state index in [-0.39, 0.29) is 17.9 Å². The fraction of sp³-hybridized carbons (Fsp3) is 0.435. The average molecular weight is 385 g/mol. The number of methoxy groups -OCH3 is 1. The van der Waals surface area contributed by atoms with Crippen molar-refractivity contribution in [3.63, 3.8) is 0 Å². The Morgan fingerprint density at radius 3 is 2.50 bits per heavy atom. The molecule has 2 aromatic rings. The van der Waals surface area contributed by atoms with Crippen LogP contribution in [0.5, 0.6) is 11.5 Å². The molecule has 2 N–H and O–H groups in total. The van der Waals surface area contributed by atoms with Gasteiger partial charge in [-0.15, -0.1) is 0 Å². The van der Waals surface area contributed by atoms with E-state index in [0.29, 0.717) is 17.5 Å². The van der Waals surface area contributed by atoms with Gasteiger partial charge in [-0.3, -0.25) is 4.79 Å². The van der Waals surface area contributed by atoms with Gasteiger partial charge < -0.3 is 20.1 Å². The molecule has 1 atom stereocenters. The number of carbonyl (C=O) groups is 1. The molecule has 28 heavy (non-hydrogen) atoms. The summed E-state index contributed by atoms with van der Waals surface area (Å²) in [7, 11) is 1.60. The van der Waals surface area contributed by atoms with Crippen molar-refractivity contribution >= 4 is 11.6 Å². The lowest BCUT2D eigenvalue weighted by Crippen LogP contribution is -2.37. The lowest BCUT2D eigenvalue weighted by Gasteiger charge is -2.28. The second-order valence-electron chi connectivity index (χ2n) is 8.16. The number of benzene rings is 2. The molecule has 5 heteroatoms. The molecule has 0 saturated carbocycles. The van der Waals surface area contributed by atoms with Crippen LogP contribution in [0.15, 0.2) is 42.5 Å². The smallest absolute Gasteiger partial charge is 0.262 e. The molecule has 0 aromatic heterocycles. The van der Waals surface area contributed by atoms with Gasteiger partial charge in [0.1, 0.15) is 0 Å². The Morgan fingerprint density at radius 1 is 1.11 bits per heavy atom. The van der Waals surface area contributed by atoms with Crippen LogP contribution in [0.2, 0.25) is 0 Å². The third-order valence-electron chi connectivity index (χ3n) is 4.80. The normalized spacial score (nSPS) is 12.4. The van der Waals surface area contributed by atoms with Crippen LogP contribution in [0.3, 0.4) is 0 Å². The predicted molar refractivity (Wildman–Crippen MR) is 114 cm³/mol. The Labute approximate surface area is 168 Å². The highest BCUT2D eigenvalue weighted by Gasteiger charge is 2.19. The van der Waals surface area contributed by atoms with Crippen LogP contribution in [-0.4, -0.2) is 25.7 Å². The van der Waals surface area contributed by atoms with Crippen molar-refractivity contribution in [1.82, 2.24) is 5.32 Å². The number of ether oxygens (including phenoxy) is 2. The number of hydrogen-bond donors (Lipinski definition) is 2. The molecule has 0 unspecified atom stereocenters. The Balaban J connectivity index is 1.93. The van der Waals surface area contributed by atoms with Crippen molar-refractivity contribution in [3.8, 4) is 11.5 Å². The van der Waals surface area contributed by atoms with Gasteiger partial charge in [0.05, 0.1) is 7.11 Å². The van der Waals surface area contributed by atoms with E-state index in [1.165, 1.54) is 0 Å². The third kappa shape index (κ3) is 6.57. The van der Waals surface area contributed by atoms with E-state index in [9.17, 15) is 4.79 Å². The van der Waals surface area contributed by atoms with Gasteiger partial charge >= 0.3 is 0 Å². The first-order valence-electron chi connectivity index (χ1n) is 9.58. The van der Waals surface area contributed by atoms with E-state index < -0.39 is 0 Å². The molecular formula is C23H32N2O3. The van der Waals surface area contributed by atoms with Crippen LogP contribution in [0, 0.1) is 12.3 Å². The summed E-state index contributed by atoms with van der Waals surface area (Å²) in [5.41, 5.74) is 3.14. The van der Waals surface area contributed by atoms with Crippen molar-refractivity contribution in [2.24, 2.45) is 5.41 Å². The molecule has 0 fully saturated rings. The molecule has 0 bridgehead atoms. The minimum Gasteiger partial charge on any atom is -0.493 e. The van der Waals surface area contributed by atoms with E-state index in [4.69, 9.17) is 9.47 Å². The molecule has 0 radical (unpaired) electrons. The molecule has 152 valence electrons. The number of nitrogens with one attached hydrogen (secondary N) is 2. The van der Waals surface area contributed by atoms with E-state index in [1.54, 1.807) is 7.11 Å². The standard InChI is InChI=1S/C23H32N2O3/c1-16-8-7-9-19(12-16)25-22(26)15-28-20-11-10-18(13-21(20)27-6)14-24-17(2)23(3,4)5/h7-13,17,24H,14-15H2,1-6H3,(H,25,26)/t17-/m0/s1. The summed E-state index contributed by atoms with van der Waals surface area (Å²) in [6, 6.07) is 13.8. The van der Waals surface area contributed by atoms with Crippen LogP contribution in [0.4, 0.5) is 5.69 Å². The van der Waals surface area contributed by atoms with Gasteiger partial charge in [0.15, 0.2) is 18.1 Å². The van der Waals surface area contributed by atoms with Crippen molar-refractivity contribution in [2.45, 2.75) is 47.2 Å². The lowest BCUT2D eigenvalue weighted by atomic mass is 9.88. The summed E-state index contributed by atoms with van der Waals surface area (Å²) >= 11 is 0. The zero-order valence-corrected chi connectivity index (χ0v) is 17.8. The highest BCUT2D eigenvalue weighted by Crippen LogP contribution is 2.28. The third-order valence-corrected chi connectivity index (χ3v) is 4.80. The largest absolute Gasteiger partial charge is 0.493 e. The summed E-state index contributed by atoms with van der Waals surface area (Å²) in [5, 5.41) is 6.37. The van der Waals surface area contributed by atoms with Crippen LogP contribution < -0.4 is 20.1 Å². The molecule has 0 aliphatic rings. The summed E-state index contributed by atoms with van der Waals surface area (Å²) < 4.78 is 11.1. The summed E-state index contributed by atoms with van der Waals surface area (Å²) in [5.74, 6) is 0.956. The molecule has 2 aromatic carbocycles. The average Bonchev–Trinajstić information content (AvgIpc) is 2.63. The van der Waals surface area contributed by atoms with E-state index in [0.717, 1.165) is 23.4 Å². The van der Waals surface area contributed by atoms with Gasteiger partial charge in [-0.05, 0) is 54.7 Å². The van der Waals surface area contributed by atoms with Crippen molar-refractivity contribution < 1.29 is 14.3 Å². The first kappa shape index (κ1) is 21.8. The zero-order chi connectivity index (χ0) is 20.7. The Bertz CT molecular complexity index is 797. The van der Waals surface area contributed by atoms with Crippen molar-refractivity contribution in [1.29, 1.82) is 0 Å². The summed E-state index contributed by atoms with van der Waals surface area (Å²) in [6.07, 6.45) is 0. The molecule has 0 aliphatic carbocycles. The molecule has 5 nitrogen and oxygen atoms in total. The fourth-order valence-electron chi connectivity index (χ4n) is 2.58. The number of anilines is 1. The number of amides is 1. The minimum atomic E-state index is -0.211. The van der Waals surface area contributed by atoms with Crippen molar-refractivity contribution in [3.05, 3.63) is 53.6 Å². The van der Waals surface area contributed by atoms with E-state index in [1.807, 2.05) is 49.4 Å². The molecule has 2 rings (SSSR count). The summed E-state index contributed by atoms with van der Waals surface area (Å²) in [6.45, 7) is 11.5. The monoisotopic (exact) mass is 384 g/mol. The van der Waals surface area contributed by atoms with Gasteiger partial charge in [0.25, 0.3) is 5.91 Å². The fourth-order valence-corrected chi connectivity index (χ4v) is 2.58. The molecule has 0 spiro atoms. The SMILES string of the molecule is COc1cc(CN[C@@H](C)C(C)(C)C)ccc1OCC(=O)Nc1cccc(C)c1. The molecule has 0 aliphatic heterocycles. The Morgan fingerprint density at radius 2 is 1.86 bits per heavy atom. The summed E-state index contributed by atoms with van der Waals surface area (Å²) in [4.78, 5) is 12.1. The maximum absolute atomic E-state index is 12.1. The number of hydrogen-bond acceptors (Lipinski definition) is 4. The lowest BCUT2D eigenvalue weighted by molar-refractivity contribution is -0.118. The van der Waals surface area contributed by atoms with Gasteiger partial charge in [-0.25, -0.2) is 0 Å². The highest BCUT2D eigenvalue weighted by atomic mass is 16.5. The van der Waals surface area contributed by atoms with Crippen molar-refractivity contribution in [2.75, 3.05) is 19.0 Å². The molecule has 1 amide bonds. The molecule has 0 saturated heterocycles. The minimum absolute atomic E-state index is 0.0804. The van der Waals surface area contributed by atoms with Gasteiger partial charge in [-0.1, -0.05) is 39.0 Å². The molecule has 0 heterocycles. The van der Waals surface area contributed by atoms with Crippen LogP contribution >= 0.6 is 0 Å². The highest BCUT2D eigenvalue weighted by molar-refractivity contribution is 5.91. The number of carbonyl (C=O) groups excluding carboxylic acids is 1.